The predicted molar refractivity (Wildman–Crippen MR) is 91.4 cm³/mol. The molecule has 0 bridgehead atoms. The van der Waals surface area contributed by atoms with Crippen LogP contribution in [-0.4, -0.2) is 49.7 Å². The standard InChI is InChI=1S/C16H20N2O4S2/c1-13-4-7-16(23-13)24(20,21)18-10-8-17(9-11-18)15(19)6-5-14-3-2-12-22-14/h2-4,7,12H,5-6,8-11H2,1H3. The summed E-state index contributed by atoms with van der Waals surface area (Å²) in [5, 5.41) is 0. The van der Waals surface area contributed by atoms with Crippen LogP contribution in [0.4, 0.5) is 0 Å². The minimum absolute atomic E-state index is 0.0374. The fourth-order valence-electron chi connectivity index (χ4n) is 2.70. The molecule has 0 unspecified atom stereocenters. The SMILES string of the molecule is Cc1ccc(S(=O)(=O)N2CCN(C(=O)CCc3ccco3)CC2)s1. The van der Waals surface area contributed by atoms with Gasteiger partial charge in [0, 0.05) is 43.9 Å². The molecule has 1 aliphatic rings. The maximum Gasteiger partial charge on any atom is 0.252 e. The Labute approximate surface area is 145 Å². The van der Waals surface area contributed by atoms with Gasteiger partial charge in [0.15, 0.2) is 0 Å². The molecule has 8 heteroatoms. The third kappa shape index (κ3) is 3.71. The number of aryl methyl sites for hydroxylation is 2. The van der Waals surface area contributed by atoms with Gasteiger partial charge in [-0.3, -0.25) is 4.79 Å². The van der Waals surface area contributed by atoms with E-state index in [2.05, 4.69) is 0 Å². The number of nitrogens with zero attached hydrogens (tertiary/aromatic N) is 2. The molecule has 6 nitrogen and oxygen atoms in total. The van der Waals surface area contributed by atoms with Gasteiger partial charge in [0.1, 0.15) is 9.97 Å². The lowest BCUT2D eigenvalue weighted by molar-refractivity contribution is -0.132. The summed E-state index contributed by atoms with van der Waals surface area (Å²) in [5.74, 6) is 0.827. The Morgan fingerprint density at radius 2 is 1.96 bits per heavy atom. The molecule has 1 amide bonds. The van der Waals surface area contributed by atoms with E-state index in [1.165, 1.54) is 15.6 Å². The Hall–Kier alpha value is -1.64. The van der Waals surface area contributed by atoms with Crippen molar-refractivity contribution in [3.8, 4) is 0 Å². The normalized spacial score (nSPS) is 16.5. The summed E-state index contributed by atoms with van der Waals surface area (Å²) in [5.41, 5.74) is 0. The number of hydrogen-bond acceptors (Lipinski definition) is 5. The molecule has 24 heavy (non-hydrogen) atoms. The number of hydrogen-bond donors (Lipinski definition) is 0. The van der Waals surface area contributed by atoms with E-state index in [0.29, 0.717) is 43.2 Å². The van der Waals surface area contributed by atoms with Gasteiger partial charge >= 0.3 is 0 Å². The number of thiophene rings is 1. The zero-order chi connectivity index (χ0) is 17.2. The molecule has 0 radical (unpaired) electrons. The summed E-state index contributed by atoms with van der Waals surface area (Å²) in [6.07, 6.45) is 2.54. The Bertz CT molecular complexity index is 788. The van der Waals surface area contributed by atoms with Crippen molar-refractivity contribution in [3.63, 3.8) is 0 Å². The first-order chi connectivity index (χ1) is 11.5. The molecule has 1 aliphatic heterocycles. The maximum absolute atomic E-state index is 12.6. The average Bonchev–Trinajstić information content (AvgIpc) is 3.24. The molecular weight excluding hydrogens is 348 g/mol. The molecule has 2 aromatic heterocycles. The number of carbonyl (C=O) groups excluding carboxylic acids is 1. The van der Waals surface area contributed by atoms with E-state index in [1.54, 1.807) is 23.3 Å². The quantitative estimate of drug-likeness (QED) is 0.810. The summed E-state index contributed by atoms with van der Waals surface area (Å²) >= 11 is 1.28. The van der Waals surface area contributed by atoms with Gasteiger partial charge in [-0.1, -0.05) is 0 Å². The highest BCUT2D eigenvalue weighted by Crippen LogP contribution is 2.25. The molecule has 0 atom stereocenters. The molecule has 1 saturated heterocycles. The summed E-state index contributed by atoms with van der Waals surface area (Å²) in [7, 11) is -3.44. The Morgan fingerprint density at radius 1 is 1.21 bits per heavy atom. The Morgan fingerprint density at radius 3 is 2.54 bits per heavy atom. The highest BCUT2D eigenvalue weighted by molar-refractivity contribution is 7.91. The average molecular weight is 368 g/mol. The highest BCUT2D eigenvalue weighted by Gasteiger charge is 2.30. The number of rotatable bonds is 5. The lowest BCUT2D eigenvalue weighted by Gasteiger charge is -2.33. The van der Waals surface area contributed by atoms with Crippen LogP contribution in [-0.2, 0) is 21.2 Å². The van der Waals surface area contributed by atoms with Crippen LogP contribution in [0.3, 0.4) is 0 Å². The monoisotopic (exact) mass is 368 g/mol. The van der Waals surface area contributed by atoms with E-state index in [1.807, 2.05) is 19.1 Å². The summed E-state index contributed by atoms with van der Waals surface area (Å²) in [6.45, 7) is 3.43. The van der Waals surface area contributed by atoms with Gasteiger partial charge in [-0.25, -0.2) is 8.42 Å². The largest absolute Gasteiger partial charge is 0.469 e. The van der Waals surface area contributed by atoms with Crippen molar-refractivity contribution in [2.45, 2.75) is 24.0 Å². The minimum Gasteiger partial charge on any atom is -0.469 e. The summed E-state index contributed by atoms with van der Waals surface area (Å²) < 4.78 is 32.2. The summed E-state index contributed by atoms with van der Waals surface area (Å²) in [4.78, 5) is 14.9. The van der Waals surface area contributed by atoms with Gasteiger partial charge in [-0.05, 0) is 31.2 Å². The fraction of sp³-hybridized carbons (Fsp3) is 0.438. The van der Waals surface area contributed by atoms with E-state index in [9.17, 15) is 13.2 Å². The Kier molecular flexibility index (Phi) is 5.07. The number of carbonyl (C=O) groups is 1. The Balaban J connectivity index is 1.54. The smallest absolute Gasteiger partial charge is 0.252 e. The first-order valence-corrected chi connectivity index (χ1v) is 10.1. The third-order valence-electron chi connectivity index (χ3n) is 4.07. The van der Waals surface area contributed by atoms with Crippen molar-refractivity contribution >= 4 is 27.3 Å². The molecule has 3 rings (SSSR count). The minimum atomic E-state index is -3.44. The lowest BCUT2D eigenvalue weighted by Crippen LogP contribution is -2.50. The second-order valence-electron chi connectivity index (χ2n) is 5.73. The van der Waals surface area contributed by atoms with Crippen molar-refractivity contribution in [2.75, 3.05) is 26.2 Å². The molecule has 0 N–H and O–H groups in total. The number of piperazine rings is 1. The molecule has 2 aromatic rings. The van der Waals surface area contributed by atoms with E-state index in [0.717, 1.165) is 10.6 Å². The van der Waals surface area contributed by atoms with Crippen molar-refractivity contribution in [1.29, 1.82) is 0 Å². The van der Waals surface area contributed by atoms with Crippen LogP contribution >= 0.6 is 11.3 Å². The second kappa shape index (κ2) is 7.08. The third-order valence-corrected chi connectivity index (χ3v) is 7.43. The van der Waals surface area contributed by atoms with Crippen LogP contribution in [0, 0.1) is 6.92 Å². The topological polar surface area (TPSA) is 70.8 Å². The van der Waals surface area contributed by atoms with Gasteiger partial charge in [0.2, 0.25) is 5.91 Å². The molecule has 130 valence electrons. The van der Waals surface area contributed by atoms with Crippen molar-refractivity contribution in [2.24, 2.45) is 0 Å². The number of amides is 1. The molecule has 0 aliphatic carbocycles. The van der Waals surface area contributed by atoms with Crippen molar-refractivity contribution in [3.05, 3.63) is 41.2 Å². The molecule has 3 heterocycles. The fourth-order valence-corrected chi connectivity index (χ4v) is 5.56. The highest BCUT2D eigenvalue weighted by atomic mass is 32.2. The first-order valence-electron chi connectivity index (χ1n) is 7.83. The van der Waals surface area contributed by atoms with E-state index in [-0.39, 0.29) is 5.91 Å². The van der Waals surface area contributed by atoms with Crippen molar-refractivity contribution < 1.29 is 17.6 Å². The van der Waals surface area contributed by atoms with Crippen LogP contribution in [0.5, 0.6) is 0 Å². The molecule has 0 saturated carbocycles. The number of furan rings is 1. The molecule has 1 fully saturated rings. The van der Waals surface area contributed by atoms with Gasteiger partial charge in [-0.15, -0.1) is 11.3 Å². The van der Waals surface area contributed by atoms with Gasteiger partial charge in [-0.2, -0.15) is 4.31 Å². The van der Waals surface area contributed by atoms with E-state index in [4.69, 9.17) is 4.42 Å². The summed E-state index contributed by atoms with van der Waals surface area (Å²) in [6, 6.07) is 7.11. The number of sulfonamides is 1. The zero-order valence-corrected chi connectivity index (χ0v) is 15.1. The van der Waals surface area contributed by atoms with Crippen LogP contribution in [0.1, 0.15) is 17.1 Å². The first kappa shape index (κ1) is 17.2. The second-order valence-corrected chi connectivity index (χ2v) is 9.18. The van der Waals surface area contributed by atoms with Gasteiger partial charge in [0.05, 0.1) is 6.26 Å². The predicted octanol–water partition coefficient (Wildman–Crippen LogP) is 2.12. The van der Waals surface area contributed by atoms with Crippen LogP contribution in [0.25, 0.3) is 0 Å². The molecule has 0 aromatic carbocycles. The van der Waals surface area contributed by atoms with E-state index < -0.39 is 10.0 Å². The maximum atomic E-state index is 12.6. The van der Waals surface area contributed by atoms with Crippen LogP contribution < -0.4 is 0 Å². The van der Waals surface area contributed by atoms with Crippen LogP contribution in [0.2, 0.25) is 0 Å². The van der Waals surface area contributed by atoms with E-state index >= 15 is 0 Å². The molecular formula is C16H20N2O4S2. The van der Waals surface area contributed by atoms with Crippen molar-refractivity contribution in [1.82, 2.24) is 9.21 Å². The van der Waals surface area contributed by atoms with Gasteiger partial charge in [0.25, 0.3) is 10.0 Å². The van der Waals surface area contributed by atoms with Gasteiger partial charge < -0.3 is 9.32 Å². The zero-order valence-electron chi connectivity index (χ0n) is 13.5. The lowest BCUT2D eigenvalue weighted by atomic mass is 10.2. The van der Waals surface area contributed by atoms with Crippen LogP contribution in [0.15, 0.2) is 39.2 Å². The molecule has 0 spiro atoms.